The SMILES string of the molecule is C1=C/C=C/C=C/CCCCC=C1. The van der Waals surface area contributed by atoms with Gasteiger partial charge < -0.3 is 0 Å². The highest BCUT2D eigenvalue weighted by Crippen LogP contribution is 2.02. The minimum absolute atomic E-state index is 1.21. The minimum Gasteiger partial charge on any atom is -0.0845 e. The molecule has 0 heteroatoms. The van der Waals surface area contributed by atoms with Gasteiger partial charge in [0.1, 0.15) is 0 Å². The van der Waals surface area contributed by atoms with Crippen molar-refractivity contribution in [1.29, 1.82) is 0 Å². The summed E-state index contributed by atoms with van der Waals surface area (Å²) in [6.45, 7) is 0. The molecule has 0 aromatic carbocycles. The fourth-order valence-electron chi connectivity index (χ4n) is 1.13. The molecular formula is C12H16. The van der Waals surface area contributed by atoms with Gasteiger partial charge in [-0.05, 0) is 25.7 Å². The van der Waals surface area contributed by atoms with Gasteiger partial charge in [-0.1, -0.05) is 48.6 Å². The zero-order valence-corrected chi connectivity index (χ0v) is 7.45. The standard InChI is InChI=1S/C12H16/c1-2-4-6-8-10-12-11-9-7-5-3-1/h1-8H,9-12H2/b3-1+,4-2?,7-5+,8-6?. The maximum Gasteiger partial charge on any atom is -0.0347 e. The smallest absolute Gasteiger partial charge is 0.0347 e. The molecule has 0 unspecified atom stereocenters. The second kappa shape index (κ2) is 6.66. The monoisotopic (exact) mass is 160 g/mol. The second-order valence-electron chi connectivity index (χ2n) is 2.91. The van der Waals surface area contributed by atoms with Gasteiger partial charge >= 0.3 is 0 Å². The van der Waals surface area contributed by atoms with Gasteiger partial charge in [-0.25, -0.2) is 0 Å². The molecule has 1 aliphatic carbocycles. The molecule has 0 aromatic rings. The van der Waals surface area contributed by atoms with E-state index in [4.69, 9.17) is 0 Å². The van der Waals surface area contributed by atoms with Crippen LogP contribution < -0.4 is 0 Å². The Labute approximate surface area is 75.0 Å². The third-order valence-electron chi connectivity index (χ3n) is 1.82. The average Bonchev–Trinajstić information content (AvgIpc) is 2.05. The van der Waals surface area contributed by atoms with Crippen LogP contribution >= 0.6 is 0 Å². The van der Waals surface area contributed by atoms with Crippen molar-refractivity contribution in [2.75, 3.05) is 0 Å². The maximum absolute atomic E-state index is 2.23. The molecule has 1 aliphatic rings. The van der Waals surface area contributed by atoms with Crippen molar-refractivity contribution in [2.24, 2.45) is 0 Å². The van der Waals surface area contributed by atoms with Crippen molar-refractivity contribution in [3.05, 3.63) is 48.6 Å². The predicted molar refractivity (Wildman–Crippen MR) is 55.0 cm³/mol. The van der Waals surface area contributed by atoms with Crippen LogP contribution in [0.25, 0.3) is 0 Å². The van der Waals surface area contributed by atoms with Gasteiger partial charge in [0.2, 0.25) is 0 Å². The van der Waals surface area contributed by atoms with E-state index < -0.39 is 0 Å². The summed E-state index contributed by atoms with van der Waals surface area (Å²) >= 11 is 0. The van der Waals surface area contributed by atoms with Crippen LogP contribution in [0.4, 0.5) is 0 Å². The van der Waals surface area contributed by atoms with E-state index in [1.807, 2.05) is 0 Å². The molecule has 0 bridgehead atoms. The minimum atomic E-state index is 1.21. The summed E-state index contributed by atoms with van der Waals surface area (Å²) in [5.74, 6) is 0. The summed E-state index contributed by atoms with van der Waals surface area (Å²) in [5.41, 5.74) is 0. The van der Waals surface area contributed by atoms with Gasteiger partial charge in [0, 0.05) is 0 Å². The molecular weight excluding hydrogens is 144 g/mol. The van der Waals surface area contributed by atoms with Crippen LogP contribution in [-0.4, -0.2) is 0 Å². The van der Waals surface area contributed by atoms with Crippen LogP contribution in [0.5, 0.6) is 0 Å². The Balaban J connectivity index is 2.43. The molecule has 0 aromatic heterocycles. The van der Waals surface area contributed by atoms with Crippen molar-refractivity contribution in [2.45, 2.75) is 25.7 Å². The van der Waals surface area contributed by atoms with Crippen molar-refractivity contribution < 1.29 is 0 Å². The van der Waals surface area contributed by atoms with Gasteiger partial charge in [-0.15, -0.1) is 0 Å². The average molecular weight is 160 g/mol. The Bertz CT molecular complexity index is 180. The Morgan fingerprint density at radius 2 is 0.917 bits per heavy atom. The van der Waals surface area contributed by atoms with Gasteiger partial charge in [0.05, 0.1) is 0 Å². The number of hydrogen-bond donors (Lipinski definition) is 0. The molecule has 0 heterocycles. The number of rotatable bonds is 0. The summed E-state index contributed by atoms with van der Waals surface area (Å²) < 4.78 is 0. The molecule has 0 saturated carbocycles. The van der Waals surface area contributed by atoms with Crippen LogP contribution in [0.2, 0.25) is 0 Å². The number of hydrogen-bond acceptors (Lipinski definition) is 0. The molecule has 0 saturated heterocycles. The van der Waals surface area contributed by atoms with E-state index in [1.165, 1.54) is 25.7 Å². The van der Waals surface area contributed by atoms with Gasteiger partial charge in [-0.2, -0.15) is 0 Å². The fourth-order valence-corrected chi connectivity index (χ4v) is 1.13. The Hall–Kier alpha value is -1.04. The van der Waals surface area contributed by atoms with Gasteiger partial charge in [-0.3, -0.25) is 0 Å². The first-order chi connectivity index (χ1) is 6.00. The Morgan fingerprint density at radius 3 is 1.42 bits per heavy atom. The highest BCUT2D eigenvalue weighted by atomic mass is 13.9. The number of allylic oxidation sites excluding steroid dienone is 8. The van der Waals surface area contributed by atoms with Crippen LogP contribution in [0.1, 0.15) is 25.7 Å². The first-order valence-electron chi connectivity index (χ1n) is 4.65. The van der Waals surface area contributed by atoms with E-state index in [1.54, 1.807) is 0 Å². The topological polar surface area (TPSA) is 0 Å². The molecule has 0 spiro atoms. The Morgan fingerprint density at radius 1 is 0.500 bits per heavy atom. The molecule has 0 atom stereocenters. The lowest BCUT2D eigenvalue weighted by Gasteiger charge is -1.92. The molecule has 64 valence electrons. The molecule has 12 heavy (non-hydrogen) atoms. The zero-order chi connectivity index (χ0) is 8.49. The van der Waals surface area contributed by atoms with E-state index in [0.717, 1.165) is 0 Å². The van der Waals surface area contributed by atoms with Crippen LogP contribution in [0.15, 0.2) is 48.6 Å². The van der Waals surface area contributed by atoms with Crippen LogP contribution in [0, 0.1) is 0 Å². The lowest BCUT2D eigenvalue weighted by Crippen LogP contribution is -1.72. The molecule has 0 amide bonds. The highest BCUT2D eigenvalue weighted by Gasteiger charge is 1.82. The van der Waals surface area contributed by atoms with Crippen molar-refractivity contribution in [3.8, 4) is 0 Å². The van der Waals surface area contributed by atoms with E-state index >= 15 is 0 Å². The normalized spacial score (nSPS) is 24.0. The van der Waals surface area contributed by atoms with E-state index in [0.29, 0.717) is 0 Å². The van der Waals surface area contributed by atoms with Crippen molar-refractivity contribution in [3.63, 3.8) is 0 Å². The first-order valence-corrected chi connectivity index (χ1v) is 4.65. The summed E-state index contributed by atoms with van der Waals surface area (Å²) in [6, 6.07) is 0. The summed E-state index contributed by atoms with van der Waals surface area (Å²) in [6.07, 6.45) is 22.0. The van der Waals surface area contributed by atoms with E-state index in [9.17, 15) is 0 Å². The van der Waals surface area contributed by atoms with Crippen molar-refractivity contribution >= 4 is 0 Å². The molecule has 0 nitrogen and oxygen atoms in total. The zero-order valence-electron chi connectivity index (χ0n) is 7.45. The highest BCUT2D eigenvalue weighted by molar-refractivity contribution is 5.15. The van der Waals surface area contributed by atoms with E-state index in [-0.39, 0.29) is 0 Å². The largest absolute Gasteiger partial charge is 0.0845 e. The molecule has 0 fully saturated rings. The van der Waals surface area contributed by atoms with Crippen LogP contribution in [-0.2, 0) is 0 Å². The van der Waals surface area contributed by atoms with Gasteiger partial charge in [0.25, 0.3) is 0 Å². The molecule has 0 aliphatic heterocycles. The third-order valence-corrected chi connectivity index (χ3v) is 1.82. The molecule has 0 N–H and O–H groups in total. The quantitative estimate of drug-likeness (QED) is 0.506. The lowest BCUT2D eigenvalue weighted by atomic mass is 10.1. The first kappa shape index (κ1) is 9.05. The van der Waals surface area contributed by atoms with Crippen LogP contribution in [0.3, 0.4) is 0 Å². The lowest BCUT2D eigenvalue weighted by molar-refractivity contribution is 0.762. The summed E-state index contributed by atoms with van der Waals surface area (Å²) in [7, 11) is 0. The fraction of sp³-hybridized carbons (Fsp3) is 0.333. The summed E-state index contributed by atoms with van der Waals surface area (Å²) in [5, 5.41) is 0. The Kier molecular flexibility index (Phi) is 5.02. The van der Waals surface area contributed by atoms with E-state index in [2.05, 4.69) is 48.6 Å². The third kappa shape index (κ3) is 4.73. The predicted octanol–water partition coefficient (Wildman–Crippen LogP) is 3.79. The summed E-state index contributed by atoms with van der Waals surface area (Å²) in [4.78, 5) is 0. The van der Waals surface area contributed by atoms with Gasteiger partial charge in [0.15, 0.2) is 0 Å². The molecule has 0 radical (unpaired) electrons. The molecule has 1 rings (SSSR count). The second-order valence-corrected chi connectivity index (χ2v) is 2.91. The van der Waals surface area contributed by atoms with Crippen molar-refractivity contribution in [1.82, 2.24) is 0 Å². The maximum atomic E-state index is 2.23.